The zero-order valence-corrected chi connectivity index (χ0v) is 47.6. The summed E-state index contributed by atoms with van der Waals surface area (Å²) in [6, 6.07) is 61.0. The fourth-order valence-corrected chi connectivity index (χ4v) is 12.7. The molecule has 0 fully saturated rings. The van der Waals surface area contributed by atoms with Crippen LogP contribution in [0.4, 0.5) is 34.1 Å². The Balaban J connectivity index is 1.23. The van der Waals surface area contributed by atoms with Crippen molar-refractivity contribution in [2.24, 2.45) is 0 Å². The molecule has 376 valence electrons. The lowest BCUT2D eigenvalue weighted by Crippen LogP contribution is -2.61. The summed E-state index contributed by atoms with van der Waals surface area (Å²) in [5.41, 5.74) is 23.1. The zero-order chi connectivity index (χ0) is 52.9. The molecule has 2 aliphatic heterocycles. The minimum absolute atomic E-state index is 0.0100. The minimum Gasteiger partial charge on any atom is -0.311 e. The molecule has 0 unspecified atom stereocenters. The largest absolute Gasteiger partial charge is 0.311 e. The average Bonchev–Trinajstić information content (AvgIpc) is 3.96. The van der Waals surface area contributed by atoms with Gasteiger partial charge in [-0.1, -0.05) is 195 Å². The second-order valence-corrected chi connectivity index (χ2v) is 27.7. The Morgan fingerprint density at radius 2 is 0.867 bits per heavy atom. The van der Waals surface area contributed by atoms with Crippen LogP contribution in [0.5, 0.6) is 0 Å². The molecule has 0 radical (unpaired) electrons. The number of aromatic nitrogens is 2. The molecule has 0 atom stereocenters. The van der Waals surface area contributed by atoms with Crippen molar-refractivity contribution in [2.75, 3.05) is 9.80 Å². The van der Waals surface area contributed by atoms with Gasteiger partial charge in [-0.3, -0.25) is 0 Å². The van der Waals surface area contributed by atoms with Crippen molar-refractivity contribution < 1.29 is 0 Å². The van der Waals surface area contributed by atoms with Crippen molar-refractivity contribution in [3.05, 3.63) is 186 Å². The molecule has 2 aliphatic rings. The Kier molecular flexibility index (Phi) is 11.0. The summed E-state index contributed by atoms with van der Waals surface area (Å²) in [6.07, 6.45) is 0. The van der Waals surface area contributed by atoms with Crippen molar-refractivity contribution in [1.82, 2.24) is 9.55 Å². The topological polar surface area (TPSA) is 24.3 Å². The molecule has 4 nitrogen and oxygen atoms in total. The molecule has 6 heteroatoms. The maximum absolute atomic E-state index is 5.54. The third-order valence-corrected chi connectivity index (χ3v) is 17.2. The lowest BCUT2D eigenvalue weighted by atomic mass is 9.33. The zero-order valence-electron chi connectivity index (χ0n) is 46.8. The molecule has 0 bridgehead atoms. The van der Waals surface area contributed by atoms with E-state index < -0.39 is 0 Å². The molecule has 0 saturated carbocycles. The van der Waals surface area contributed by atoms with Crippen molar-refractivity contribution in [3.8, 4) is 16.3 Å². The van der Waals surface area contributed by atoms with Gasteiger partial charge >= 0.3 is 0 Å². The van der Waals surface area contributed by atoms with E-state index in [2.05, 4.69) is 276 Å². The highest BCUT2D eigenvalue weighted by Crippen LogP contribution is 2.49. The van der Waals surface area contributed by atoms with Crippen LogP contribution in [0.2, 0.25) is 0 Å². The van der Waals surface area contributed by atoms with E-state index in [1.165, 1.54) is 93.5 Å². The molecule has 0 amide bonds. The Hall–Kier alpha value is -6.89. The third-order valence-electron chi connectivity index (χ3n) is 16.2. The number of fused-ring (bicyclic) bond motifs is 8. The summed E-state index contributed by atoms with van der Waals surface area (Å²) in [4.78, 5) is 10.7. The van der Waals surface area contributed by atoms with Crippen LogP contribution in [0.15, 0.2) is 158 Å². The number of hydrogen-bond acceptors (Lipinski definition) is 4. The fourth-order valence-electron chi connectivity index (χ4n) is 11.7. The van der Waals surface area contributed by atoms with Gasteiger partial charge < -0.3 is 14.4 Å². The number of nitrogens with zero attached hydrogens (tertiary/aromatic N) is 4. The van der Waals surface area contributed by atoms with Crippen molar-refractivity contribution in [1.29, 1.82) is 0 Å². The number of rotatable bonds is 4. The number of thiazole rings is 1. The van der Waals surface area contributed by atoms with E-state index in [-0.39, 0.29) is 33.8 Å². The number of para-hydroxylation sites is 2. The SMILES string of the molecule is CC(C)(C)c1ccc(-c2nc3cc4c(cc3s2)B2c3cc(C(C)(C)C)ccc3N(c3ccc(C(C)(C)C)cc3)c3cc(-n5c6ccccc6c6ccccc65)cc(c32)N4c2cc(C(C)(C)C)cc(C(C)(C)C)c2)cc1. The van der Waals surface area contributed by atoms with E-state index >= 15 is 0 Å². The Morgan fingerprint density at radius 1 is 0.387 bits per heavy atom. The Morgan fingerprint density at radius 3 is 1.40 bits per heavy atom. The van der Waals surface area contributed by atoms with Gasteiger partial charge in [0.1, 0.15) is 5.01 Å². The minimum atomic E-state index is -0.101. The number of benzene rings is 8. The summed E-state index contributed by atoms with van der Waals surface area (Å²) in [7, 11) is 0. The highest BCUT2D eigenvalue weighted by atomic mass is 32.1. The van der Waals surface area contributed by atoms with Crippen LogP contribution in [0.3, 0.4) is 0 Å². The van der Waals surface area contributed by atoms with Gasteiger partial charge in [0.05, 0.1) is 26.9 Å². The van der Waals surface area contributed by atoms with Crippen molar-refractivity contribution in [3.63, 3.8) is 0 Å². The second kappa shape index (κ2) is 16.8. The van der Waals surface area contributed by atoms with Crippen LogP contribution in [-0.4, -0.2) is 16.3 Å². The highest BCUT2D eigenvalue weighted by Gasteiger charge is 2.45. The number of hydrogen-bond donors (Lipinski definition) is 0. The standard InChI is InChI=1S/C69H71BN4S/c1-65(2,3)43-26-24-42(25-27-43)64-71-55-41-59-54(40-62(55)75-64)70-53-37-45(67(7,8)9)30-33-58(53)72(48-31-28-44(29-32-48)66(4,5)6)60-38-50(73-56-22-18-16-20-51(56)52-21-17-19-23-57(52)73)39-61(63(60)70)74(59)49-35-46(68(10,11)12)34-47(36-49)69(13,14)15/h16-41H,1-15H3. The predicted molar refractivity (Wildman–Crippen MR) is 327 cm³/mol. The molecule has 0 saturated heterocycles. The maximum atomic E-state index is 5.54. The van der Waals surface area contributed by atoms with Gasteiger partial charge in [0, 0.05) is 50.5 Å². The van der Waals surface area contributed by atoms with E-state index in [1.54, 1.807) is 0 Å². The molecular weight excluding hydrogens is 928 g/mol. The van der Waals surface area contributed by atoms with Crippen LogP contribution < -0.4 is 26.2 Å². The van der Waals surface area contributed by atoms with Crippen LogP contribution >= 0.6 is 11.3 Å². The summed E-state index contributed by atoms with van der Waals surface area (Å²) in [5, 5.41) is 3.54. The molecule has 10 aromatic rings. The fraction of sp³-hybridized carbons (Fsp3) is 0.290. The highest BCUT2D eigenvalue weighted by molar-refractivity contribution is 7.21. The first kappa shape index (κ1) is 49.0. The lowest BCUT2D eigenvalue weighted by Gasteiger charge is -2.45. The smallest absolute Gasteiger partial charge is 0.252 e. The molecule has 8 aromatic carbocycles. The monoisotopic (exact) mass is 999 g/mol. The van der Waals surface area contributed by atoms with E-state index in [0.717, 1.165) is 33.1 Å². The normalized spacial score (nSPS) is 14.0. The van der Waals surface area contributed by atoms with Gasteiger partial charge in [0.15, 0.2) is 0 Å². The maximum Gasteiger partial charge on any atom is 0.252 e. The molecular formula is C69H71BN4S. The van der Waals surface area contributed by atoms with Gasteiger partial charge in [-0.15, -0.1) is 11.3 Å². The van der Waals surface area contributed by atoms with Crippen LogP contribution in [0, 0.1) is 0 Å². The molecule has 0 N–H and O–H groups in total. The van der Waals surface area contributed by atoms with Gasteiger partial charge in [-0.25, -0.2) is 4.98 Å². The molecule has 0 aliphatic carbocycles. The molecule has 0 spiro atoms. The molecule has 4 heterocycles. The van der Waals surface area contributed by atoms with E-state index in [9.17, 15) is 0 Å². The summed E-state index contributed by atoms with van der Waals surface area (Å²) in [5.74, 6) is 0. The van der Waals surface area contributed by atoms with Crippen LogP contribution in [0.1, 0.15) is 132 Å². The van der Waals surface area contributed by atoms with Gasteiger partial charge in [-0.2, -0.15) is 0 Å². The molecule has 2 aromatic heterocycles. The summed E-state index contributed by atoms with van der Waals surface area (Å²) in [6.45, 7) is 34.8. The average molecular weight is 999 g/mol. The van der Waals surface area contributed by atoms with Gasteiger partial charge in [-0.05, 0) is 138 Å². The van der Waals surface area contributed by atoms with E-state index in [4.69, 9.17) is 4.98 Å². The van der Waals surface area contributed by atoms with Crippen molar-refractivity contribution >= 4 is 101 Å². The quantitative estimate of drug-likeness (QED) is 0.164. The number of anilines is 6. The first-order valence-corrected chi connectivity index (χ1v) is 27.9. The van der Waals surface area contributed by atoms with Crippen molar-refractivity contribution in [2.45, 2.75) is 131 Å². The van der Waals surface area contributed by atoms with E-state index in [0.29, 0.717) is 0 Å². The van der Waals surface area contributed by atoms with Gasteiger partial charge in [0.2, 0.25) is 0 Å². The van der Waals surface area contributed by atoms with Crippen LogP contribution in [-0.2, 0) is 27.1 Å². The summed E-state index contributed by atoms with van der Waals surface area (Å²) >= 11 is 1.81. The lowest BCUT2D eigenvalue weighted by molar-refractivity contribution is 0.568. The molecule has 75 heavy (non-hydrogen) atoms. The first-order valence-electron chi connectivity index (χ1n) is 27.1. The van der Waals surface area contributed by atoms with Crippen LogP contribution in [0.25, 0.3) is 48.3 Å². The molecule has 12 rings (SSSR count). The Labute approximate surface area is 450 Å². The predicted octanol–water partition coefficient (Wildman–Crippen LogP) is 17.6. The first-order chi connectivity index (χ1) is 35.3. The summed E-state index contributed by atoms with van der Waals surface area (Å²) < 4.78 is 3.71. The Bertz CT molecular complexity index is 3830. The third kappa shape index (κ3) is 8.22. The van der Waals surface area contributed by atoms with E-state index in [1.807, 2.05) is 11.3 Å². The second-order valence-electron chi connectivity index (χ2n) is 26.7. The van der Waals surface area contributed by atoms with Gasteiger partial charge in [0.25, 0.3) is 6.71 Å².